The number of aryl methyl sites for hydroxylation is 2. The van der Waals surface area contributed by atoms with Crippen LogP contribution in [-0.4, -0.2) is 18.6 Å². The summed E-state index contributed by atoms with van der Waals surface area (Å²) < 4.78 is 66.9. The number of sulfonamides is 1. The zero-order valence-corrected chi connectivity index (χ0v) is 12.5. The second kappa shape index (κ2) is 5.39. The van der Waals surface area contributed by atoms with Crippen LogP contribution in [0.15, 0.2) is 14.8 Å². The highest BCUT2D eigenvalue weighted by Gasteiger charge is 2.38. The maximum absolute atomic E-state index is 12.3. The Morgan fingerprint density at radius 1 is 1.38 bits per heavy atom. The van der Waals surface area contributed by atoms with Gasteiger partial charge in [0.25, 0.3) is 0 Å². The quantitative estimate of drug-likeness (QED) is 0.922. The molecule has 0 aliphatic carbocycles. The van der Waals surface area contributed by atoms with Crippen LogP contribution in [0.2, 0.25) is 0 Å². The first-order valence-corrected chi connectivity index (χ1v) is 7.86. The molecule has 0 radical (unpaired) electrons. The van der Waals surface area contributed by atoms with Gasteiger partial charge in [0.1, 0.15) is 4.21 Å². The largest absolute Gasteiger partial charge is 0.471 e. The van der Waals surface area contributed by atoms with Gasteiger partial charge >= 0.3 is 12.1 Å². The Morgan fingerprint density at radius 2 is 2.05 bits per heavy atom. The molecule has 2 aromatic heterocycles. The second-order valence-electron chi connectivity index (χ2n) is 4.14. The number of hydrogen-bond acceptors (Lipinski definition) is 6. The average Bonchev–Trinajstić information content (AvgIpc) is 2.95. The maximum atomic E-state index is 12.3. The van der Waals surface area contributed by atoms with E-state index in [-0.39, 0.29) is 4.21 Å². The van der Waals surface area contributed by atoms with Crippen LogP contribution >= 0.6 is 11.3 Å². The molecule has 0 saturated carbocycles. The first kappa shape index (κ1) is 15.9. The van der Waals surface area contributed by atoms with Gasteiger partial charge in [-0.2, -0.15) is 18.2 Å². The van der Waals surface area contributed by atoms with Gasteiger partial charge in [-0.25, -0.2) is 13.1 Å². The van der Waals surface area contributed by atoms with Crippen molar-refractivity contribution in [2.45, 2.75) is 30.8 Å². The van der Waals surface area contributed by atoms with Crippen molar-refractivity contribution in [2.75, 3.05) is 0 Å². The lowest BCUT2D eigenvalue weighted by Gasteiger charge is -2.01. The first-order chi connectivity index (χ1) is 9.59. The van der Waals surface area contributed by atoms with Crippen molar-refractivity contribution in [1.82, 2.24) is 14.9 Å². The lowest BCUT2D eigenvalue weighted by molar-refractivity contribution is -0.159. The van der Waals surface area contributed by atoms with E-state index in [9.17, 15) is 21.6 Å². The Balaban J connectivity index is 2.10. The summed E-state index contributed by atoms with van der Waals surface area (Å²) in [5.41, 5.74) is 0.819. The van der Waals surface area contributed by atoms with Gasteiger partial charge < -0.3 is 4.52 Å². The second-order valence-corrected chi connectivity index (χ2v) is 7.39. The van der Waals surface area contributed by atoms with Crippen LogP contribution in [-0.2, 0) is 22.7 Å². The summed E-state index contributed by atoms with van der Waals surface area (Å²) >= 11 is 1.07. The molecule has 2 rings (SSSR count). The average molecular weight is 341 g/mol. The predicted octanol–water partition coefficient (Wildman–Crippen LogP) is 2.25. The number of halogens is 3. The highest BCUT2D eigenvalue weighted by molar-refractivity contribution is 7.91. The molecule has 0 unspecified atom stereocenters. The van der Waals surface area contributed by atoms with Gasteiger partial charge in [-0.1, -0.05) is 5.16 Å². The van der Waals surface area contributed by atoms with E-state index in [4.69, 9.17) is 0 Å². The SMILES string of the molecule is Cc1cc(S(=O)(=O)NCc2noc(C(F)(F)F)n2)sc1C. The molecule has 2 aromatic rings. The van der Waals surface area contributed by atoms with Crippen LogP contribution in [0.5, 0.6) is 0 Å². The Bertz CT molecular complexity index is 730. The first-order valence-electron chi connectivity index (χ1n) is 5.56. The number of aromatic nitrogens is 2. The van der Waals surface area contributed by atoms with Crippen LogP contribution in [0.1, 0.15) is 22.2 Å². The molecule has 0 bridgehead atoms. The summed E-state index contributed by atoms with van der Waals surface area (Å²) in [7, 11) is -3.82. The minimum absolute atomic E-state index is 0.0806. The van der Waals surface area contributed by atoms with Gasteiger partial charge in [0.15, 0.2) is 5.82 Å². The third-order valence-electron chi connectivity index (χ3n) is 2.54. The van der Waals surface area contributed by atoms with Crippen molar-refractivity contribution in [3.05, 3.63) is 28.2 Å². The van der Waals surface area contributed by atoms with Crippen molar-refractivity contribution in [3.63, 3.8) is 0 Å². The van der Waals surface area contributed by atoms with Crippen molar-refractivity contribution in [3.8, 4) is 0 Å². The summed E-state index contributed by atoms with van der Waals surface area (Å²) in [6, 6.07) is 1.49. The molecule has 6 nitrogen and oxygen atoms in total. The molecule has 0 amide bonds. The normalized spacial score (nSPS) is 12.8. The van der Waals surface area contributed by atoms with E-state index in [1.54, 1.807) is 13.8 Å². The van der Waals surface area contributed by atoms with Crippen LogP contribution in [0, 0.1) is 13.8 Å². The summed E-state index contributed by atoms with van der Waals surface area (Å²) in [6.07, 6.45) is -4.76. The van der Waals surface area contributed by atoms with Crippen molar-refractivity contribution < 1.29 is 26.1 Å². The summed E-state index contributed by atoms with van der Waals surface area (Å²) in [4.78, 5) is 3.92. The molecule has 0 fully saturated rings. The molecule has 0 aliphatic heterocycles. The summed E-state index contributed by atoms with van der Waals surface area (Å²) in [5, 5.41) is 3.07. The zero-order valence-electron chi connectivity index (χ0n) is 10.9. The highest BCUT2D eigenvalue weighted by Crippen LogP contribution is 2.27. The Kier molecular flexibility index (Phi) is 4.08. The van der Waals surface area contributed by atoms with E-state index in [2.05, 4.69) is 19.4 Å². The molecule has 0 aliphatic rings. The van der Waals surface area contributed by atoms with Gasteiger partial charge in [0, 0.05) is 4.88 Å². The van der Waals surface area contributed by atoms with E-state index in [0.29, 0.717) is 0 Å². The number of nitrogens with one attached hydrogen (secondary N) is 1. The van der Waals surface area contributed by atoms with Gasteiger partial charge in [-0.05, 0) is 25.5 Å². The maximum Gasteiger partial charge on any atom is 0.471 e. The smallest absolute Gasteiger partial charge is 0.329 e. The summed E-state index contributed by atoms with van der Waals surface area (Å²) in [6.45, 7) is 3.05. The molecular weight excluding hydrogens is 331 g/mol. The lowest BCUT2D eigenvalue weighted by atomic mass is 10.3. The molecule has 11 heteroatoms. The van der Waals surface area contributed by atoms with E-state index in [0.717, 1.165) is 21.8 Å². The topological polar surface area (TPSA) is 85.1 Å². The van der Waals surface area contributed by atoms with E-state index >= 15 is 0 Å². The minimum Gasteiger partial charge on any atom is -0.329 e. The lowest BCUT2D eigenvalue weighted by Crippen LogP contribution is -2.23. The standard InChI is InChI=1S/C10H10F3N3O3S2/c1-5-3-8(20-6(5)2)21(17,18)14-4-7-15-9(19-16-7)10(11,12)13/h3,14H,4H2,1-2H3. The molecule has 0 atom stereocenters. The van der Waals surface area contributed by atoms with Crippen LogP contribution < -0.4 is 4.72 Å². The Hall–Kier alpha value is -1.46. The fraction of sp³-hybridized carbons (Fsp3) is 0.400. The van der Waals surface area contributed by atoms with Crippen LogP contribution in [0.3, 0.4) is 0 Å². The third kappa shape index (κ3) is 3.60. The van der Waals surface area contributed by atoms with Gasteiger partial charge in [-0.3, -0.25) is 0 Å². The van der Waals surface area contributed by atoms with E-state index in [1.165, 1.54) is 6.07 Å². The molecule has 116 valence electrons. The molecular formula is C10H10F3N3O3S2. The molecule has 21 heavy (non-hydrogen) atoms. The van der Waals surface area contributed by atoms with Crippen molar-refractivity contribution >= 4 is 21.4 Å². The van der Waals surface area contributed by atoms with Gasteiger partial charge in [0.2, 0.25) is 10.0 Å². The number of hydrogen-bond donors (Lipinski definition) is 1. The fourth-order valence-corrected chi connectivity index (χ4v) is 3.88. The van der Waals surface area contributed by atoms with Crippen LogP contribution in [0.4, 0.5) is 13.2 Å². The Morgan fingerprint density at radius 3 is 2.52 bits per heavy atom. The Labute approximate surface area is 122 Å². The van der Waals surface area contributed by atoms with Gasteiger partial charge in [-0.15, -0.1) is 11.3 Å². The molecule has 0 aromatic carbocycles. The number of alkyl halides is 3. The molecule has 0 spiro atoms. The van der Waals surface area contributed by atoms with Crippen molar-refractivity contribution in [1.29, 1.82) is 0 Å². The van der Waals surface area contributed by atoms with Gasteiger partial charge in [0.05, 0.1) is 6.54 Å². The van der Waals surface area contributed by atoms with Crippen LogP contribution in [0.25, 0.3) is 0 Å². The number of rotatable bonds is 4. The van der Waals surface area contributed by atoms with Crippen molar-refractivity contribution in [2.24, 2.45) is 0 Å². The molecule has 1 N–H and O–H groups in total. The fourth-order valence-electron chi connectivity index (χ4n) is 1.34. The van der Waals surface area contributed by atoms with E-state index < -0.39 is 34.5 Å². The minimum atomic E-state index is -4.76. The van der Waals surface area contributed by atoms with E-state index in [1.807, 2.05) is 0 Å². The number of nitrogens with zero attached hydrogens (tertiary/aromatic N) is 2. The zero-order chi connectivity index (χ0) is 15.8. The molecule has 0 saturated heterocycles. The third-order valence-corrected chi connectivity index (χ3v) is 5.57. The highest BCUT2D eigenvalue weighted by atomic mass is 32.2. The molecule has 2 heterocycles. The number of thiophene rings is 1. The predicted molar refractivity (Wildman–Crippen MR) is 67.1 cm³/mol. The summed E-state index contributed by atoms with van der Waals surface area (Å²) in [5.74, 6) is -1.91. The monoisotopic (exact) mass is 341 g/mol.